The van der Waals surface area contributed by atoms with Crippen molar-refractivity contribution in [1.82, 2.24) is 5.43 Å². The van der Waals surface area contributed by atoms with Crippen LogP contribution in [0.15, 0.2) is 70.1 Å². The number of para-hydroxylation sites is 1. The predicted octanol–water partition coefficient (Wildman–Crippen LogP) is 4.91. The summed E-state index contributed by atoms with van der Waals surface area (Å²) in [4.78, 5) is 15.0. The van der Waals surface area contributed by atoms with Gasteiger partial charge in [-0.1, -0.05) is 54.9 Å². The zero-order chi connectivity index (χ0) is 16.9. The van der Waals surface area contributed by atoms with Gasteiger partial charge in [0.1, 0.15) is 0 Å². The van der Waals surface area contributed by atoms with Crippen LogP contribution in [0.3, 0.4) is 0 Å². The summed E-state index contributed by atoms with van der Waals surface area (Å²) in [7, 11) is 0. The molecule has 2 heterocycles. The largest absolute Gasteiger partial charge is 0.288 e. The number of benzene rings is 2. The van der Waals surface area contributed by atoms with E-state index in [0.29, 0.717) is 0 Å². The summed E-state index contributed by atoms with van der Waals surface area (Å²) in [6.07, 6.45) is 5.82. The van der Waals surface area contributed by atoms with Gasteiger partial charge in [0.15, 0.2) is 0 Å². The van der Waals surface area contributed by atoms with Crippen LogP contribution in [-0.2, 0) is 0 Å². The molecule has 2 aromatic rings. The Morgan fingerprint density at radius 3 is 2.44 bits per heavy atom. The summed E-state index contributed by atoms with van der Waals surface area (Å²) in [6.45, 7) is 0. The molecule has 0 aromatic heterocycles. The Balaban J connectivity index is 1.62. The molecule has 1 saturated heterocycles. The molecule has 0 radical (unpaired) electrons. The molecule has 0 unspecified atom stereocenters. The topological polar surface area (TPSA) is 32.3 Å². The number of hydrogen-bond acceptors (Lipinski definition) is 4. The average molecular weight is 348 g/mol. The predicted molar refractivity (Wildman–Crippen MR) is 102 cm³/mol. The monoisotopic (exact) mass is 348 g/mol. The number of rotatable bonds is 1. The van der Waals surface area contributed by atoms with E-state index in [2.05, 4.69) is 34.7 Å². The first-order valence-corrected chi connectivity index (χ1v) is 9.75. The highest BCUT2D eigenvalue weighted by atomic mass is 32.2. The summed E-state index contributed by atoms with van der Waals surface area (Å²) in [5.74, 6) is 0.174. The van der Waals surface area contributed by atoms with Gasteiger partial charge in [-0.15, -0.1) is 0 Å². The molecule has 5 rings (SSSR count). The molecule has 1 saturated carbocycles. The van der Waals surface area contributed by atoms with Crippen molar-refractivity contribution in [3.63, 3.8) is 0 Å². The smallest absolute Gasteiger partial charge is 0.202 e. The fraction of sp³-hybridized carbons (Fsp3) is 0.286. The molecule has 0 bridgehead atoms. The molecule has 2 fully saturated rings. The standard InChI is InChI=1S/C21H20N2OS/c24-19-16-10-4-5-11-18(16)25-20(19)17-14-21(12-6-7-13-21)22-23(17)15-8-2-1-3-9-15/h1-5,8-11,22H,6-7,12-14H2. The van der Waals surface area contributed by atoms with Gasteiger partial charge in [0.05, 0.1) is 16.3 Å². The first kappa shape index (κ1) is 15.2. The third-order valence-electron chi connectivity index (χ3n) is 5.51. The third-order valence-corrected chi connectivity index (χ3v) is 6.71. The minimum atomic E-state index is 0.119. The second-order valence-electron chi connectivity index (χ2n) is 7.15. The number of anilines is 1. The second kappa shape index (κ2) is 5.75. The van der Waals surface area contributed by atoms with Gasteiger partial charge in [0.2, 0.25) is 5.78 Å². The molecule has 1 aliphatic carbocycles. The van der Waals surface area contributed by atoms with E-state index in [1.165, 1.54) is 25.7 Å². The van der Waals surface area contributed by atoms with E-state index in [9.17, 15) is 4.79 Å². The molecule has 2 aliphatic heterocycles. The van der Waals surface area contributed by atoms with Crippen LogP contribution in [0, 0.1) is 0 Å². The number of hydrogen-bond donors (Lipinski definition) is 1. The zero-order valence-electron chi connectivity index (χ0n) is 14.0. The quantitative estimate of drug-likeness (QED) is 0.742. The molecule has 0 amide bonds. The van der Waals surface area contributed by atoms with Crippen LogP contribution in [0.2, 0.25) is 0 Å². The number of hydrazine groups is 1. The van der Waals surface area contributed by atoms with Crippen molar-refractivity contribution in [3.8, 4) is 0 Å². The Bertz CT molecular complexity index is 868. The van der Waals surface area contributed by atoms with E-state index < -0.39 is 0 Å². The molecule has 3 aliphatic rings. The van der Waals surface area contributed by atoms with Gasteiger partial charge in [-0.25, -0.2) is 5.43 Å². The number of carbonyl (C=O) groups excluding carboxylic acids is 1. The van der Waals surface area contributed by atoms with Gasteiger partial charge in [0, 0.05) is 22.4 Å². The molecule has 126 valence electrons. The van der Waals surface area contributed by atoms with Crippen LogP contribution in [0.25, 0.3) is 0 Å². The molecule has 3 nitrogen and oxygen atoms in total. The Morgan fingerprint density at radius 1 is 0.960 bits per heavy atom. The third kappa shape index (κ3) is 2.43. The summed E-state index contributed by atoms with van der Waals surface area (Å²) in [5, 5.41) is 2.18. The minimum Gasteiger partial charge on any atom is -0.288 e. The first-order valence-electron chi connectivity index (χ1n) is 8.94. The normalized spacial score (nSPS) is 24.3. The fourth-order valence-corrected chi connectivity index (χ4v) is 5.40. The van der Waals surface area contributed by atoms with Crippen LogP contribution in [-0.4, -0.2) is 11.3 Å². The maximum atomic E-state index is 13.0. The van der Waals surface area contributed by atoms with Crippen LogP contribution >= 0.6 is 11.8 Å². The number of ketones is 1. The highest BCUT2D eigenvalue weighted by Crippen LogP contribution is 2.48. The highest BCUT2D eigenvalue weighted by Gasteiger charge is 2.45. The first-order chi connectivity index (χ1) is 12.3. The van der Waals surface area contributed by atoms with Gasteiger partial charge in [0.25, 0.3) is 0 Å². The Hall–Kier alpha value is -2.04. The maximum absolute atomic E-state index is 13.0. The molecular formula is C21H20N2OS. The number of carbonyl (C=O) groups is 1. The van der Waals surface area contributed by atoms with Gasteiger partial charge >= 0.3 is 0 Å². The zero-order valence-corrected chi connectivity index (χ0v) is 14.8. The molecule has 1 spiro atoms. The van der Waals surface area contributed by atoms with E-state index >= 15 is 0 Å². The van der Waals surface area contributed by atoms with E-state index in [0.717, 1.165) is 33.2 Å². The lowest BCUT2D eigenvalue weighted by molar-refractivity contribution is 0.104. The molecular weight excluding hydrogens is 328 g/mol. The van der Waals surface area contributed by atoms with Crippen molar-refractivity contribution in [3.05, 3.63) is 70.8 Å². The van der Waals surface area contributed by atoms with Crippen LogP contribution in [0.4, 0.5) is 5.69 Å². The lowest BCUT2D eigenvalue weighted by Crippen LogP contribution is -2.43. The summed E-state index contributed by atoms with van der Waals surface area (Å²) >= 11 is 1.63. The molecule has 2 aromatic carbocycles. The summed E-state index contributed by atoms with van der Waals surface area (Å²) in [6, 6.07) is 18.3. The number of allylic oxidation sites excluding steroid dienone is 1. The number of thioether (sulfide) groups is 1. The average Bonchev–Trinajstić information content (AvgIpc) is 3.35. The number of nitrogens with one attached hydrogen (secondary N) is 1. The summed E-state index contributed by atoms with van der Waals surface area (Å²) in [5.41, 5.74) is 6.98. The number of Topliss-reactive ketones (excluding diaryl/α,β-unsaturated/α-hetero) is 1. The molecule has 25 heavy (non-hydrogen) atoms. The molecule has 0 atom stereocenters. The van der Waals surface area contributed by atoms with Crippen LogP contribution in [0.5, 0.6) is 0 Å². The van der Waals surface area contributed by atoms with Crippen molar-refractivity contribution in [2.45, 2.75) is 42.5 Å². The minimum absolute atomic E-state index is 0.119. The summed E-state index contributed by atoms with van der Waals surface area (Å²) < 4.78 is 0. The van der Waals surface area contributed by atoms with Gasteiger partial charge in [-0.3, -0.25) is 9.80 Å². The Kier molecular flexibility index (Phi) is 3.50. The second-order valence-corrected chi connectivity index (χ2v) is 8.20. The van der Waals surface area contributed by atoms with E-state index in [1.807, 2.05) is 30.3 Å². The number of fused-ring (bicyclic) bond motifs is 1. The maximum Gasteiger partial charge on any atom is 0.202 e. The van der Waals surface area contributed by atoms with Crippen molar-refractivity contribution < 1.29 is 4.79 Å². The van der Waals surface area contributed by atoms with E-state index in [-0.39, 0.29) is 11.3 Å². The van der Waals surface area contributed by atoms with E-state index in [4.69, 9.17) is 0 Å². The van der Waals surface area contributed by atoms with Gasteiger partial charge in [-0.05, 0) is 37.1 Å². The molecule has 4 heteroatoms. The van der Waals surface area contributed by atoms with Crippen LogP contribution < -0.4 is 10.4 Å². The van der Waals surface area contributed by atoms with E-state index in [1.54, 1.807) is 11.8 Å². The van der Waals surface area contributed by atoms with Crippen LogP contribution in [0.1, 0.15) is 42.5 Å². The van der Waals surface area contributed by atoms with Crippen molar-refractivity contribution in [1.29, 1.82) is 0 Å². The Labute approximate surface area is 152 Å². The Morgan fingerprint density at radius 2 is 1.68 bits per heavy atom. The highest BCUT2D eigenvalue weighted by molar-refractivity contribution is 8.04. The van der Waals surface area contributed by atoms with Crippen molar-refractivity contribution in [2.75, 3.05) is 5.01 Å². The van der Waals surface area contributed by atoms with Crippen molar-refractivity contribution >= 4 is 23.2 Å². The number of nitrogens with zero attached hydrogens (tertiary/aromatic N) is 1. The fourth-order valence-electron chi connectivity index (χ4n) is 4.28. The lowest BCUT2D eigenvalue weighted by atomic mass is 9.94. The SMILES string of the molecule is O=C1C(=C2CC3(CCCC3)NN2c2ccccc2)Sc2ccccc21. The van der Waals surface area contributed by atoms with Gasteiger partial charge < -0.3 is 0 Å². The molecule has 1 N–H and O–H groups in total. The lowest BCUT2D eigenvalue weighted by Gasteiger charge is -2.26. The van der Waals surface area contributed by atoms with Crippen molar-refractivity contribution in [2.24, 2.45) is 0 Å². The van der Waals surface area contributed by atoms with Gasteiger partial charge in [-0.2, -0.15) is 0 Å².